The Hall–Kier alpha value is -1.20. The zero-order chi connectivity index (χ0) is 13.5. The van der Waals surface area contributed by atoms with Crippen LogP contribution in [0.25, 0.3) is 0 Å². The van der Waals surface area contributed by atoms with Gasteiger partial charge in [0.05, 0.1) is 13.0 Å². The van der Waals surface area contributed by atoms with Crippen molar-refractivity contribution in [2.24, 2.45) is 0 Å². The van der Waals surface area contributed by atoms with Gasteiger partial charge >= 0.3 is 0 Å². The third kappa shape index (κ3) is 4.14. The number of nitrogens with one attached hydrogen (secondary N) is 1. The summed E-state index contributed by atoms with van der Waals surface area (Å²) in [5.74, 6) is 1.05. The van der Waals surface area contributed by atoms with Crippen molar-refractivity contribution in [2.45, 2.75) is 11.3 Å². The van der Waals surface area contributed by atoms with Gasteiger partial charge < -0.3 is 15.0 Å². The Balaban J connectivity index is 1.78. The Morgan fingerprint density at radius 1 is 1.37 bits per heavy atom. The van der Waals surface area contributed by atoms with Crippen molar-refractivity contribution >= 4 is 17.7 Å². The molecule has 1 aliphatic heterocycles. The Kier molecular flexibility index (Phi) is 5.54. The van der Waals surface area contributed by atoms with Gasteiger partial charge in [0, 0.05) is 31.1 Å². The number of nitrogens with zero attached hydrogens (tertiary/aromatic N) is 1. The summed E-state index contributed by atoms with van der Waals surface area (Å²) in [5.41, 5.74) is 0. The summed E-state index contributed by atoms with van der Waals surface area (Å²) in [4.78, 5) is 15.0. The molecule has 4 nitrogen and oxygen atoms in total. The highest BCUT2D eigenvalue weighted by molar-refractivity contribution is 7.98. The van der Waals surface area contributed by atoms with Crippen molar-refractivity contribution in [1.29, 1.82) is 0 Å². The molecule has 0 unspecified atom stereocenters. The number of amides is 1. The quantitative estimate of drug-likeness (QED) is 0.832. The highest BCUT2D eigenvalue weighted by Crippen LogP contribution is 2.26. The number of carbonyl (C=O) groups is 1. The van der Waals surface area contributed by atoms with Crippen molar-refractivity contribution < 1.29 is 9.53 Å². The van der Waals surface area contributed by atoms with E-state index in [4.69, 9.17) is 4.74 Å². The third-order valence-electron chi connectivity index (χ3n) is 3.11. The molecule has 0 aliphatic carbocycles. The smallest absolute Gasteiger partial charge is 0.226 e. The molecule has 0 saturated carbocycles. The Morgan fingerprint density at radius 3 is 2.84 bits per heavy atom. The van der Waals surface area contributed by atoms with Crippen LogP contribution in [0, 0.1) is 0 Å². The van der Waals surface area contributed by atoms with E-state index >= 15 is 0 Å². The molecule has 2 rings (SSSR count). The number of rotatable bonds is 5. The lowest BCUT2D eigenvalue weighted by atomic mass is 10.3. The molecule has 1 amide bonds. The largest absolute Gasteiger partial charge is 0.492 e. The number of piperazine rings is 1. The van der Waals surface area contributed by atoms with Gasteiger partial charge in [-0.15, -0.1) is 11.8 Å². The summed E-state index contributed by atoms with van der Waals surface area (Å²) in [6.45, 7) is 3.84. The maximum Gasteiger partial charge on any atom is 0.226 e. The molecule has 1 fully saturated rings. The fourth-order valence-electron chi connectivity index (χ4n) is 2.06. The lowest BCUT2D eigenvalue weighted by molar-refractivity contribution is -0.132. The first-order chi connectivity index (χ1) is 9.31. The zero-order valence-electron chi connectivity index (χ0n) is 11.2. The van der Waals surface area contributed by atoms with Crippen LogP contribution in [0.4, 0.5) is 0 Å². The van der Waals surface area contributed by atoms with Crippen LogP contribution < -0.4 is 10.1 Å². The summed E-state index contributed by atoms with van der Waals surface area (Å²) < 4.78 is 5.71. The first kappa shape index (κ1) is 14.2. The molecule has 1 aromatic rings. The molecule has 0 radical (unpaired) electrons. The summed E-state index contributed by atoms with van der Waals surface area (Å²) in [7, 11) is 0. The lowest BCUT2D eigenvalue weighted by Crippen LogP contribution is -2.46. The zero-order valence-corrected chi connectivity index (χ0v) is 12.0. The van der Waals surface area contributed by atoms with Crippen molar-refractivity contribution in [2.75, 3.05) is 39.0 Å². The highest BCUT2D eigenvalue weighted by Gasteiger charge is 2.15. The fourth-order valence-corrected chi connectivity index (χ4v) is 2.60. The SMILES string of the molecule is CSc1ccccc1OCCC(=O)N1CCNCC1. The van der Waals surface area contributed by atoms with Crippen LogP contribution in [0.5, 0.6) is 5.75 Å². The molecule has 1 N–H and O–H groups in total. The van der Waals surface area contributed by atoms with E-state index in [1.165, 1.54) is 0 Å². The first-order valence-electron chi connectivity index (χ1n) is 6.55. The van der Waals surface area contributed by atoms with Gasteiger partial charge in [-0.2, -0.15) is 0 Å². The van der Waals surface area contributed by atoms with E-state index in [0.29, 0.717) is 13.0 Å². The van der Waals surface area contributed by atoms with Crippen molar-refractivity contribution in [3.05, 3.63) is 24.3 Å². The van der Waals surface area contributed by atoms with Crippen LogP contribution in [0.2, 0.25) is 0 Å². The van der Waals surface area contributed by atoms with Gasteiger partial charge in [-0.1, -0.05) is 12.1 Å². The molecule has 1 heterocycles. The number of hydrogen-bond acceptors (Lipinski definition) is 4. The lowest BCUT2D eigenvalue weighted by Gasteiger charge is -2.27. The van der Waals surface area contributed by atoms with Crippen LogP contribution in [-0.4, -0.2) is 49.8 Å². The average molecular weight is 280 g/mol. The molecule has 0 spiro atoms. The summed E-state index contributed by atoms with van der Waals surface area (Å²) >= 11 is 1.65. The number of hydrogen-bond donors (Lipinski definition) is 1. The molecule has 0 atom stereocenters. The first-order valence-corrected chi connectivity index (χ1v) is 7.78. The number of carbonyl (C=O) groups excluding carboxylic acids is 1. The molecule has 104 valence electrons. The van der Waals surface area contributed by atoms with E-state index in [2.05, 4.69) is 5.32 Å². The number of para-hydroxylation sites is 1. The van der Waals surface area contributed by atoms with Gasteiger partial charge in [0.1, 0.15) is 5.75 Å². The molecule has 1 saturated heterocycles. The number of thioether (sulfide) groups is 1. The minimum absolute atomic E-state index is 0.183. The molecule has 0 aromatic heterocycles. The fraction of sp³-hybridized carbons (Fsp3) is 0.500. The van der Waals surface area contributed by atoms with Gasteiger partial charge in [0.2, 0.25) is 5.91 Å². The second-order valence-electron chi connectivity index (χ2n) is 4.38. The van der Waals surface area contributed by atoms with E-state index in [9.17, 15) is 4.79 Å². The predicted octanol–water partition coefficient (Wildman–Crippen LogP) is 1.61. The van der Waals surface area contributed by atoms with Gasteiger partial charge in [-0.3, -0.25) is 4.79 Å². The topological polar surface area (TPSA) is 41.6 Å². The molecular weight excluding hydrogens is 260 g/mol. The Labute approximate surface area is 118 Å². The monoisotopic (exact) mass is 280 g/mol. The van der Waals surface area contributed by atoms with E-state index < -0.39 is 0 Å². The van der Waals surface area contributed by atoms with Crippen molar-refractivity contribution in [3.63, 3.8) is 0 Å². The standard InChI is InChI=1S/C14H20N2O2S/c1-19-13-5-3-2-4-12(13)18-11-6-14(17)16-9-7-15-8-10-16/h2-5,15H,6-11H2,1H3. The summed E-state index contributed by atoms with van der Waals surface area (Å²) in [5, 5.41) is 3.24. The highest BCUT2D eigenvalue weighted by atomic mass is 32.2. The van der Waals surface area contributed by atoms with E-state index in [-0.39, 0.29) is 5.91 Å². The summed E-state index contributed by atoms with van der Waals surface area (Å²) in [6, 6.07) is 7.91. The minimum atomic E-state index is 0.183. The maximum atomic E-state index is 12.0. The average Bonchev–Trinajstić information content (AvgIpc) is 2.48. The molecule has 1 aromatic carbocycles. The second-order valence-corrected chi connectivity index (χ2v) is 5.23. The van der Waals surface area contributed by atoms with Crippen LogP contribution in [0.3, 0.4) is 0 Å². The van der Waals surface area contributed by atoms with Gasteiger partial charge in [0.15, 0.2) is 0 Å². The third-order valence-corrected chi connectivity index (χ3v) is 3.89. The molecular formula is C14H20N2O2S. The van der Waals surface area contributed by atoms with E-state index in [1.807, 2.05) is 35.4 Å². The van der Waals surface area contributed by atoms with E-state index in [0.717, 1.165) is 36.8 Å². The van der Waals surface area contributed by atoms with Crippen LogP contribution in [0.15, 0.2) is 29.2 Å². The Bertz CT molecular complexity index is 420. The van der Waals surface area contributed by atoms with Gasteiger partial charge in [-0.05, 0) is 18.4 Å². The van der Waals surface area contributed by atoms with Gasteiger partial charge in [0.25, 0.3) is 0 Å². The molecule has 19 heavy (non-hydrogen) atoms. The van der Waals surface area contributed by atoms with Gasteiger partial charge in [-0.25, -0.2) is 0 Å². The van der Waals surface area contributed by atoms with Crippen LogP contribution >= 0.6 is 11.8 Å². The van der Waals surface area contributed by atoms with Crippen LogP contribution in [-0.2, 0) is 4.79 Å². The number of benzene rings is 1. The summed E-state index contributed by atoms with van der Waals surface area (Å²) in [6.07, 6.45) is 2.47. The minimum Gasteiger partial charge on any atom is -0.492 e. The maximum absolute atomic E-state index is 12.0. The van der Waals surface area contributed by atoms with Crippen molar-refractivity contribution in [1.82, 2.24) is 10.2 Å². The molecule has 5 heteroatoms. The van der Waals surface area contributed by atoms with E-state index in [1.54, 1.807) is 11.8 Å². The molecule has 1 aliphatic rings. The number of ether oxygens (including phenoxy) is 1. The van der Waals surface area contributed by atoms with Crippen LogP contribution in [0.1, 0.15) is 6.42 Å². The normalized spacial score (nSPS) is 15.3. The second kappa shape index (κ2) is 7.40. The Morgan fingerprint density at radius 2 is 2.11 bits per heavy atom. The van der Waals surface area contributed by atoms with Crippen molar-refractivity contribution in [3.8, 4) is 5.75 Å². The predicted molar refractivity (Wildman–Crippen MR) is 77.8 cm³/mol. The molecule has 0 bridgehead atoms.